The van der Waals surface area contributed by atoms with Gasteiger partial charge in [0.05, 0.1) is 23.7 Å². The van der Waals surface area contributed by atoms with Crippen LogP contribution in [0.25, 0.3) is 10.9 Å². The molecule has 7 nitrogen and oxygen atoms in total. The molecule has 1 atom stereocenters. The van der Waals surface area contributed by atoms with Gasteiger partial charge in [0.2, 0.25) is 5.91 Å². The Hall–Kier alpha value is -3.09. The second kappa shape index (κ2) is 7.43. The third-order valence-electron chi connectivity index (χ3n) is 4.31. The van der Waals surface area contributed by atoms with E-state index in [-0.39, 0.29) is 18.0 Å². The average molecular weight is 355 g/mol. The summed E-state index contributed by atoms with van der Waals surface area (Å²) in [4.78, 5) is 38.1. The van der Waals surface area contributed by atoms with E-state index in [0.717, 1.165) is 0 Å². The molecule has 2 aromatic heterocycles. The molecule has 1 N–H and O–H groups in total. The first-order valence-electron chi connectivity index (χ1n) is 8.58. The Morgan fingerprint density at radius 3 is 2.65 bits per heavy atom. The molecule has 0 bridgehead atoms. The van der Waals surface area contributed by atoms with Crippen LogP contribution >= 0.6 is 0 Å². The van der Waals surface area contributed by atoms with Gasteiger partial charge in [0, 0.05) is 6.54 Å². The first-order valence-corrected chi connectivity index (χ1v) is 8.58. The highest BCUT2D eigenvalue weighted by Crippen LogP contribution is 2.13. The predicted octanol–water partition coefficient (Wildman–Crippen LogP) is 2.04. The number of benzene rings is 1. The van der Waals surface area contributed by atoms with Gasteiger partial charge in [-0.2, -0.15) is 0 Å². The second-order valence-corrected chi connectivity index (χ2v) is 6.10. The van der Waals surface area contributed by atoms with Gasteiger partial charge in [0.1, 0.15) is 11.8 Å². The average Bonchev–Trinajstić information content (AvgIpc) is 3.17. The van der Waals surface area contributed by atoms with E-state index in [1.54, 1.807) is 43.3 Å². The molecule has 0 unspecified atom stereocenters. The summed E-state index contributed by atoms with van der Waals surface area (Å²) in [5.74, 6) is 0.300. The van der Waals surface area contributed by atoms with Gasteiger partial charge in [0.15, 0.2) is 0 Å². The molecule has 0 aliphatic carbocycles. The molecular formula is C19H21N3O4. The third-order valence-corrected chi connectivity index (χ3v) is 4.31. The molecule has 0 spiro atoms. The molecule has 136 valence electrons. The monoisotopic (exact) mass is 355 g/mol. The highest BCUT2D eigenvalue weighted by Gasteiger charge is 2.21. The van der Waals surface area contributed by atoms with Crippen molar-refractivity contribution in [2.24, 2.45) is 0 Å². The summed E-state index contributed by atoms with van der Waals surface area (Å²) in [5.41, 5.74) is -0.349. The lowest BCUT2D eigenvalue weighted by Crippen LogP contribution is -2.44. The van der Waals surface area contributed by atoms with Crippen molar-refractivity contribution in [1.29, 1.82) is 0 Å². The van der Waals surface area contributed by atoms with E-state index in [4.69, 9.17) is 4.42 Å². The fraction of sp³-hybridized carbons (Fsp3) is 0.316. The van der Waals surface area contributed by atoms with Crippen molar-refractivity contribution < 1.29 is 9.21 Å². The van der Waals surface area contributed by atoms with Crippen molar-refractivity contribution >= 4 is 16.8 Å². The number of nitrogens with one attached hydrogen (secondary N) is 1. The Morgan fingerprint density at radius 2 is 1.96 bits per heavy atom. The molecule has 3 aromatic rings. The standard InChI is InChI=1S/C19H21N3O4/c1-3-10-21-18(24)15-8-4-5-9-16(15)22(19(21)25)13(2)17(23)20-12-14-7-6-11-26-14/h4-9,11,13H,3,10,12H2,1-2H3,(H,20,23)/t13-/m1/s1. The van der Waals surface area contributed by atoms with Crippen LogP contribution in [0.3, 0.4) is 0 Å². The molecule has 3 rings (SSSR count). The van der Waals surface area contributed by atoms with Crippen LogP contribution in [0.5, 0.6) is 0 Å². The van der Waals surface area contributed by atoms with Gasteiger partial charge >= 0.3 is 5.69 Å². The first-order chi connectivity index (χ1) is 12.5. The number of hydrogen-bond acceptors (Lipinski definition) is 4. The van der Waals surface area contributed by atoms with Crippen LogP contribution in [-0.4, -0.2) is 15.0 Å². The minimum absolute atomic E-state index is 0.234. The summed E-state index contributed by atoms with van der Waals surface area (Å²) in [5, 5.41) is 3.18. The van der Waals surface area contributed by atoms with Crippen molar-refractivity contribution in [2.75, 3.05) is 0 Å². The summed E-state index contributed by atoms with van der Waals surface area (Å²) >= 11 is 0. The van der Waals surface area contributed by atoms with E-state index in [1.807, 2.05) is 6.92 Å². The van der Waals surface area contributed by atoms with Gasteiger partial charge < -0.3 is 9.73 Å². The number of para-hydroxylation sites is 1. The summed E-state index contributed by atoms with van der Waals surface area (Å²) < 4.78 is 7.77. The Labute approximate surface area is 149 Å². The smallest absolute Gasteiger partial charge is 0.332 e. The fourth-order valence-electron chi connectivity index (χ4n) is 2.98. The predicted molar refractivity (Wildman–Crippen MR) is 98.0 cm³/mol. The zero-order valence-electron chi connectivity index (χ0n) is 14.8. The van der Waals surface area contributed by atoms with E-state index in [9.17, 15) is 14.4 Å². The Morgan fingerprint density at radius 1 is 1.19 bits per heavy atom. The minimum atomic E-state index is -0.772. The van der Waals surface area contributed by atoms with Gasteiger partial charge in [-0.3, -0.25) is 18.7 Å². The minimum Gasteiger partial charge on any atom is -0.467 e. The molecule has 0 radical (unpaired) electrons. The lowest BCUT2D eigenvalue weighted by Gasteiger charge is -2.19. The quantitative estimate of drug-likeness (QED) is 0.733. The van der Waals surface area contributed by atoms with Crippen LogP contribution in [0.4, 0.5) is 0 Å². The Kier molecular flexibility index (Phi) is 5.06. The molecule has 0 saturated heterocycles. The summed E-state index contributed by atoms with van der Waals surface area (Å²) in [7, 11) is 0. The summed E-state index contributed by atoms with van der Waals surface area (Å²) in [6.07, 6.45) is 2.18. The van der Waals surface area contributed by atoms with E-state index in [0.29, 0.717) is 29.6 Å². The largest absolute Gasteiger partial charge is 0.467 e. The van der Waals surface area contributed by atoms with Crippen molar-refractivity contribution in [3.63, 3.8) is 0 Å². The van der Waals surface area contributed by atoms with Crippen molar-refractivity contribution in [3.05, 3.63) is 69.3 Å². The molecule has 0 saturated carbocycles. The molecule has 1 aromatic carbocycles. The van der Waals surface area contributed by atoms with E-state index >= 15 is 0 Å². The number of fused-ring (bicyclic) bond motifs is 1. The summed E-state index contributed by atoms with van der Waals surface area (Å²) in [6, 6.07) is 9.58. The molecule has 1 amide bonds. The molecule has 2 heterocycles. The van der Waals surface area contributed by atoms with Gasteiger partial charge in [0.25, 0.3) is 5.56 Å². The van der Waals surface area contributed by atoms with E-state index in [1.165, 1.54) is 15.4 Å². The number of nitrogens with zero attached hydrogens (tertiary/aromatic N) is 2. The topological polar surface area (TPSA) is 86.2 Å². The van der Waals surface area contributed by atoms with Crippen LogP contribution in [0.2, 0.25) is 0 Å². The number of rotatable bonds is 6. The van der Waals surface area contributed by atoms with Crippen LogP contribution in [0.1, 0.15) is 32.1 Å². The normalized spacial score (nSPS) is 12.2. The number of hydrogen-bond donors (Lipinski definition) is 1. The molecule has 0 aliphatic rings. The maximum atomic E-state index is 12.9. The Balaban J connectivity index is 2.03. The second-order valence-electron chi connectivity index (χ2n) is 6.10. The fourth-order valence-corrected chi connectivity index (χ4v) is 2.98. The van der Waals surface area contributed by atoms with E-state index in [2.05, 4.69) is 5.32 Å². The third kappa shape index (κ3) is 3.20. The summed E-state index contributed by atoms with van der Waals surface area (Å²) in [6.45, 7) is 4.08. The number of carbonyl (C=O) groups is 1. The van der Waals surface area contributed by atoms with Crippen molar-refractivity contribution in [3.8, 4) is 0 Å². The number of aromatic nitrogens is 2. The zero-order valence-corrected chi connectivity index (χ0v) is 14.8. The molecular weight excluding hydrogens is 334 g/mol. The van der Waals surface area contributed by atoms with Gasteiger partial charge in [-0.25, -0.2) is 4.79 Å². The maximum Gasteiger partial charge on any atom is 0.332 e. The van der Waals surface area contributed by atoms with Gasteiger partial charge in [-0.1, -0.05) is 19.1 Å². The van der Waals surface area contributed by atoms with Crippen molar-refractivity contribution in [1.82, 2.24) is 14.5 Å². The van der Waals surface area contributed by atoms with Crippen LogP contribution in [0, 0.1) is 0 Å². The van der Waals surface area contributed by atoms with Crippen LogP contribution < -0.4 is 16.6 Å². The number of carbonyl (C=O) groups excluding carboxylic acids is 1. The zero-order chi connectivity index (χ0) is 18.7. The molecule has 26 heavy (non-hydrogen) atoms. The molecule has 7 heteroatoms. The van der Waals surface area contributed by atoms with Gasteiger partial charge in [-0.15, -0.1) is 0 Å². The molecule has 0 aliphatic heterocycles. The first kappa shape index (κ1) is 17.7. The highest BCUT2D eigenvalue weighted by molar-refractivity contribution is 5.84. The Bertz CT molecular complexity index is 1030. The van der Waals surface area contributed by atoms with Crippen molar-refractivity contribution in [2.45, 2.75) is 39.4 Å². The highest BCUT2D eigenvalue weighted by atomic mass is 16.3. The maximum absolute atomic E-state index is 12.9. The lowest BCUT2D eigenvalue weighted by atomic mass is 10.2. The number of amides is 1. The SMILES string of the molecule is CCCn1c(=O)c2ccccc2n([C@H](C)C(=O)NCc2ccco2)c1=O. The number of furan rings is 1. The molecule has 0 fully saturated rings. The van der Waals surface area contributed by atoms with Crippen LogP contribution in [-0.2, 0) is 17.9 Å². The lowest BCUT2D eigenvalue weighted by molar-refractivity contribution is -0.124. The van der Waals surface area contributed by atoms with Gasteiger partial charge in [-0.05, 0) is 37.6 Å². The van der Waals surface area contributed by atoms with Crippen LogP contribution in [0.15, 0.2) is 56.7 Å². The van der Waals surface area contributed by atoms with E-state index < -0.39 is 11.7 Å².